The van der Waals surface area contributed by atoms with Crippen LogP contribution >= 0.6 is 0 Å². The molecule has 0 aromatic carbocycles. The zero-order valence-electron chi connectivity index (χ0n) is 9.25. The number of aryl methyl sites for hydroxylation is 2. The van der Waals surface area contributed by atoms with Crippen molar-refractivity contribution in [2.45, 2.75) is 25.7 Å². The van der Waals surface area contributed by atoms with Gasteiger partial charge in [0.05, 0.1) is 0 Å². The molecule has 1 aromatic heterocycles. The summed E-state index contributed by atoms with van der Waals surface area (Å²) in [6, 6.07) is 1.71. The molecule has 0 bridgehead atoms. The molecule has 2 N–H and O–H groups in total. The van der Waals surface area contributed by atoms with Crippen molar-refractivity contribution in [2.75, 3.05) is 13.1 Å². The number of piperidine rings is 1. The molecular weight excluding hydrogens is 190 g/mol. The van der Waals surface area contributed by atoms with Crippen LogP contribution in [-0.4, -0.2) is 22.9 Å². The molecule has 15 heavy (non-hydrogen) atoms. The first-order valence-corrected chi connectivity index (χ1v) is 5.71. The zero-order chi connectivity index (χ0) is 10.7. The minimum atomic E-state index is 0.0119. The summed E-state index contributed by atoms with van der Waals surface area (Å²) in [6.07, 6.45) is 4.77. The molecule has 2 rings (SSSR count). The molecule has 0 radical (unpaired) electrons. The van der Waals surface area contributed by atoms with Gasteiger partial charge in [0.2, 0.25) is 0 Å². The Kier molecular flexibility index (Phi) is 3.26. The fourth-order valence-electron chi connectivity index (χ4n) is 2.28. The van der Waals surface area contributed by atoms with E-state index in [0.717, 1.165) is 31.1 Å². The highest BCUT2D eigenvalue weighted by Gasteiger charge is 2.13. The summed E-state index contributed by atoms with van der Waals surface area (Å²) in [4.78, 5) is 11.1. The fraction of sp³-hybridized carbons (Fsp3) is 0.727. The molecule has 0 unspecified atom stereocenters. The van der Waals surface area contributed by atoms with E-state index in [2.05, 4.69) is 10.4 Å². The van der Waals surface area contributed by atoms with Crippen LogP contribution in [0.2, 0.25) is 0 Å². The third-order valence-corrected chi connectivity index (χ3v) is 3.27. The van der Waals surface area contributed by atoms with Crippen LogP contribution in [0.4, 0.5) is 0 Å². The highest BCUT2D eigenvalue weighted by molar-refractivity contribution is 5.00. The van der Waals surface area contributed by atoms with Crippen molar-refractivity contribution >= 4 is 0 Å². The second-order valence-electron chi connectivity index (χ2n) is 4.40. The Morgan fingerprint density at radius 2 is 2.20 bits per heavy atom. The molecule has 1 aliphatic heterocycles. The maximum Gasteiger partial charge on any atom is 0.264 e. The molecule has 84 valence electrons. The molecule has 4 nitrogen and oxygen atoms in total. The number of aromatic nitrogens is 2. The van der Waals surface area contributed by atoms with E-state index < -0.39 is 0 Å². The van der Waals surface area contributed by atoms with Gasteiger partial charge in [-0.1, -0.05) is 0 Å². The van der Waals surface area contributed by atoms with E-state index >= 15 is 0 Å². The van der Waals surface area contributed by atoms with Crippen molar-refractivity contribution in [1.29, 1.82) is 0 Å². The lowest BCUT2D eigenvalue weighted by molar-refractivity contribution is 0.352. The molecular formula is C11H19N3O. The maximum atomic E-state index is 11.1. The molecule has 1 fully saturated rings. The van der Waals surface area contributed by atoms with E-state index in [1.165, 1.54) is 19.3 Å². The predicted octanol–water partition coefficient (Wildman–Crippen LogP) is 0.646. The van der Waals surface area contributed by atoms with E-state index in [9.17, 15) is 4.79 Å². The monoisotopic (exact) mass is 209 g/mol. The smallest absolute Gasteiger partial charge is 0.264 e. The second-order valence-corrected chi connectivity index (χ2v) is 4.40. The van der Waals surface area contributed by atoms with Crippen LogP contribution in [-0.2, 0) is 13.5 Å². The molecule has 1 saturated heterocycles. The standard InChI is InChI=1S/C11H19N3O/c1-14-10(8-11(15)13-14)3-2-9-4-6-12-7-5-9/h8-9,12H,2-7H2,1H3,(H,13,15). The third-order valence-electron chi connectivity index (χ3n) is 3.27. The van der Waals surface area contributed by atoms with Crippen LogP contribution in [0.3, 0.4) is 0 Å². The number of H-pyrrole nitrogens is 1. The lowest BCUT2D eigenvalue weighted by Gasteiger charge is -2.22. The quantitative estimate of drug-likeness (QED) is 0.767. The number of hydrogen-bond acceptors (Lipinski definition) is 2. The molecule has 1 aliphatic rings. The maximum absolute atomic E-state index is 11.1. The first-order valence-electron chi connectivity index (χ1n) is 5.71. The van der Waals surface area contributed by atoms with Gasteiger partial charge in [0.1, 0.15) is 0 Å². The van der Waals surface area contributed by atoms with Gasteiger partial charge in [-0.05, 0) is 44.7 Å². The SMILES string of the molecule is Cn1[nH]c(=O)cc1CCC1CCNCC1. The summed E-state index contributed by atoms with van der Waals surface area (Å²) < 4.78 is 1.84. The van der Waals surface area contributed by atoms with E-state index in [4.69, 9.17) is 0 Å². The van der Waals surface area contributed by atoms with Crippen LogP contribution in [0.15, 0.2) is 10.9 Å². The summed E-state index contributed by atoms with van der Waals surface area (Å²) in [5.41, 5.74) is 1.14. The highest BCUT2D eigenvalue weighted by atomic mass is 16.1. The lowest BCUT2D eigenvalue weighted by Crippen LogP contribution is -2.28. The van der Waals surface area contributed by atoms with Crippen molar-refractivity contribution in [3.63, 3.8) is 0 Å². The number of nitrogens with one attached hydrogen (secondary N) is 2. The van der Waals surface area contributed by atoms with E-state index in [-0.39, 0.29) is 5.56 Å². The minimum absolute atomic E-state index is 0.0119. The Morgan fingerprint density at radius 3 is 2.80 bits per heavy atom. The Labute approximate surface area is 89.7 Å². The van der Waals surface area contributed by atoms with E-state index in [1.807, 2.05) is 11.7 Å². The number of hydrogen-bond donors (Lipinski definition) is 2. The van der Waals surface area contributed by atoms with Crippen LogP contribution in [0.1, 0.15) is 25.0 Å². The average molecular weight is 209 g/mol. The van der Waals surface area contributed by atoms with Gasteiger partial charge >= 0.3 is 0 Å². The van der Waals surface area contributed by atoms with E-state index in [1.54, 1.807) is 6.07 Å². The molecule has 0 saturated carbocycles. The van der Waals surface area contributed by atoms with Crippen molar-refractivity contribution in [2.24, 2.45) is 13.0 Å². The van der Waals surface area contributed by atoms with Gasteiger partial charge in [0.15, 0.2) is 0 Å². The first kappa shape index (κ1) is 10.5. The van der Waals surface area contributed by atoms with Gasteiger partial charge in [-0.15, -0.1) is 0 Å². The lowest BCUT2D eigenvalue weighted by atomic mass is 9.92. The Balaban J connectivity index is 1.86. The van der Waals surface area contributed by atoms with Crippen molar-refractivity contribution in [1.82, 2.24) is 15.1 Å². The van der Waals surface area contributed by atoms with Crippen molar-refractivity contribution in [3.05, 3.63) is 22.1 Å². The number of nitrogens with zero attached hydrogens (tertiary/aromatic N) is 1. The molecule has 4 heteroatoms. The van der Waals surface area contributed by atoms with Crippen LogP contribution < -0.4 is 10.9 Å². The largest absolute Gasteiger partial charge is 0.317 e. The molecule has 1 aromatic rings. The Morgan fingerprint density at radius 1 is 1.47 bits per heavy atom. The predicted molar refractivity (Wildman–Crippen MR) is 59.9 cm³/mol. The van der Waals surface area contributed by atoms with Gasteiger partial charge in [0, 0.05) is 18.8 Å². The van der Waals surface area contributed by atoms with Crippen LogP contribution in [0, 0.1) is 5.92 Å². The minimum Gasteiger partial charge on any atom is -0.317 e. The summed E-state index contributed by atoms with van der Waals surface area (Å²) >= 11 is 0. The molecule has 0 aliphatic carbocycles. The van der Waals surface area contributed by atoms with Gasteiger partial charge < -0.3 is 5.32 Å². The summed E-state index contributed by atoms with van der Waals surface area (Å²) in [5.74, 6) is 0.830. The number of rotatable bonds is 3. The second kappa shape index (κ2) is 4.66. The van der Waals surface area contributed by atoms with Crippen molar-refractivity contribution in [3.8, 4) is 0 Å². The van der Waals surface area contributed by atoms with Crippen LogP contribution in [0.25, 0.3) is 0 Å². The zero-order valence-corrected chi connectivity index (χ0v) is 9.25. The molecule has 0 spiro atoms. The molecule has 2 heterocycles. The van der Waals surface area contributed by atoms with Gasteiger partial charge in [-0.2, -0.15) is 0 Å². The Hall–Kier alpha value is -1.03. The highest BCUT2D eigenvalue weighted by Crippen LogP contribution is 2.17. The van der Waals surface area contributed by atoms with Gasteiger partial charge in [-0.25, -0.2) is 0 Å². The van der Waals surface area contributed by atoms with E-state index in [0.29, 0.717) is 0 Å². The molecule has 0 amide bonds. The van der Waals surface area contributed by atoms with Gasteiger partial charge in [-0.3, -0.25) is 14.6 Å². The van der Waals surface area contributed by atoms with Crippen LogP contribution in [0.5, 0.6) is 0 Å². The fourth-order valence-corrected chi connectivity index (χ4v) is 2.28. The first-order chi connectivity index (χ1) is 7.25. The normalized spacial score (nSPS) is 18.2. The summed E-state index contributed by atoms with van der Waals surface area (Å²) in [7, 11) is 1.90. The Bertz CT molecular complexity index is 360. The number of aromatic amines is 1. The summed E-state index contributed by atoms with van der Waals surface area (Å²) in [5, 5.41) is 6.11. The van der Waals surface area contributed by atoms with Gasteiger partial charge in [0.25, 0.3) is 5.56 Å². The summed E-state index contributed by atoms with van der Waals surface area (Å²) in [6.45, 7) is 2.30. The molecule has 0 atom stereocenters. The topological polar surface area (TPSA) is 49.8 Å². The van der Waals surface area contributed by atoms with Crippen molar-refractivity contribution < 1.29 is 0 Å². The third kappa shape index (κ3) is 2.72. The average Bonchev–Trinajstić information content (AvgIpc) is 2.56.